The predicted octanol–water partition coefficient (Wildman–Crippen LogP) is 2.43. The number of nitrogens with zero attached hydrogens (tertiary/aromatic N) is 2. The standard InChI is InChI=1S/C14H26N4O/c1-5-18-13(12(15)9-16-18)14(19)17-11(4)8-6-7-10(2)3/h9-11H,5-8,15H2,1-4H3,(H,17,19). The first-order valence-electron chi connectivity index (χ1n) is 7.07. The molecule has 1 atom stereocenters. The van der Waals surface area contributed by atoms with Crippen LogP contribution in [0.25, 0.3) is 0 Å². The summed E-state index contributed by atoms with van der Waals surface area (Å²) >= 11 is 0. The second-order valence-electron chi connectivity index (χ2n) is 5.46. The molecule has 0 aromatic carbocycles. The first-order chi connectivity index (χ1) is 8.95. The molecule has 0 fully saturated rings. The number of carbonyl (C=O) groups excluding carboxylic acids is 1. The molecule has 5 heteroatoms. The van der Waals surface area contributed by atoms with Gasteiger partial charge in [-0.25, -0.2) is 0 Å². The minimum absolute atomic E-state index is 0.131. The fourth-order valence-corrected chi connectivity index (χ4v) is 2.08. The molecule has 1 aromatic heterocycles. The highest BCUT2D eigenvalue weighted by Gasteiger charge is 2.17. The lowest BCUT2D eigenvalue weighted by Gasteiger charge is -2.15. The minimum Gasteiger partial charge on any atom is -0.396 e. The Bertz CT molecular complexity index is 412. The first-order valence-corrected chi connectivity index (χ1v) is 7.07. The Balaban J connectivity index is 2.52. The second kappa shape index (κ2) is 7.16. The molecular weight excluding hydrogens is 240 g/mol. The maximum atomic E-state index is 12.2. The van der Waals surface area contributed by atoms with E-state index in [1.165, 1.54) is 12.6 Å². The fourth-order valence-electron chi connectivity index (χ4n) is 2.08. The molecule has 1 heterocycles. The topological polar surface area (TPSA) is 72.9 Å². The van der Waals surface area contributed by atoms with Crippen LogP contribution in [0.15, 0.2) is 6.20 Å². The molecule has 3 N–H and O–H groups in total. The van der Waals surface area contributed by atoms with Crippen molar-refractivity contribution in [1.29, 1.82) is 0 Å². The largest absolute Gasteiger partial charge is 0.396 e. The number of nitrogen functional groups attached to an aromatic ring is 1. The van der Waals surface area contributed by atoms with E-state index in [1.54, 1.807) is 4.68 Å². The van der Waals surface area contributed by atoms with E-state index in [0.717, 1.165) is 12.8 Å². The van der Waals surface area contributed by atoms with Gasteiger partial charge in [-0.2, -0.15) is 5.10 Å². The van der Waals surface area contributed by atoms with Crippen molar-refractivity contribution in [3.05, 3.63) is 11.9 Å². The van der Waals surface area contributed by atoms with Gasteiger partial charge >= 0.3 is 0 Å². The highest BCUT2D eigenvalue weighted by Crippen LogP contribution is 2.12. The lowest BCUT2D eigenvalue weighted by atomic mass is 10.0. The van der Waals surface area contributed by atoms with Gasteiger partial charge in [-0.1, -0.05) is 26.7 Å². The molecule has 0 spiro atoms. The molecule has 0 aliphatic rings. The van der Waals surface area contributed by atoms with Crippen molar-refractivity contribution < 1.29 is 4.79 Å². The molecule has 0 saturated carbocycles. The molecule has 1 unspecified atom stereocenters. The van der Waals surface area contributed by atoms with Crippen molar-refractivity contribution in [2.45, 2.75) is 59.5 Å². The maximum Gasteiger partial charge on any atom is 0.271 e. The second-order valence-corrected chi connectivity index (χ2v) is 5.46. The molecule has 0 bridgehead atoms. The van der Waals surface area contributed by atoms with Gasteiger partial charge in [0.2, 0.25) is 0 Å². The zero-order valence-electron chi connectivity index (χ0n) is 12.4. The van der Waals surface area contributed by atoms with Gasteiger partial charge < -0.3 is 11.1 Å². The number of aryl methyl sites for hydroxylation is 1. The number of nitrogens with two attached hydrogens (primary N) is 1. The number of carbonyl (C=O) groups is 1. The van der Waals surface area contributed by atoms with Crippen molar-refractivity contribution in [1.82, 2.24) is 15.1 Å². The summed E-state index contributed by atoms with van der Waals surface area (Å²) in [6.45, 7) is 9.03. The van der Waals surface area contributed by atoms with E-state index in [4.69, 9.17) is 5.73 Å². The van der Waals surface area contributed by atoms with Gasteiger partial charge in [-0.05, 0) is 26.2 Å². The highest BCUT2D eigenvalue weighted by atomic mass is 16.2. The minimum atomic E-state index is -0.131. The summed E-state index contributed by atoms with van der Waals surface area (Å²) in [6.07, 6.45) is 4.84. The number of amides is 1. The van der Waals surface area contributed by atoms with Crippen LogP contribution in [0.2, 0.25) is 0 Å². The van der Waals surface area contributed by atoms with Crippen LogP contribution in [0, 0.1) is 5.92 Å². The first kappa shape index (κ1) is 15.5. The Labute approximate surface area is 115 Å². The summed E-state index contributed by atoms with van der Waals surface area (Å²) in [7, 11) is 0. The smallest absolute Gasteiger partial charge is 0.271 e. The number of aromatic nitrogens is 2. The zero-order chi connectivity index (χ0) is 14.4. The van der Waals surface area contributed by atoms with E-state index in [9.17, 15) is 4.79 Å². The maximum absolute atomic E-state index is 12.2. The summed E-state index contributed by atoms with van der Waals surface area (Å²) in [6, 6.07) is 0.158. The highest BCUT2D eigenvalue weighted by molar-refractivity contribution is 5.97. The van der Waals surface area contributed by atoms with Crippen molar-refractivity contribution in [2.24, 2.45) is 5.92 Å². The summed E-state index contributed by atoms with van der Waals surface area (Å²) in [5, 5.41) is 7.07. The molecule has 0 radical (unpaired) electrons. The normalized spacial score (nSPS) is 12.7. The Morgan fingerprint density at radius 1 is 1.42 bits per heavy atom. The quantitative estimate of drug-likeness (QED) is 0.796. The lowest BCUT2D eigenvalue weighted by molar-refractivity contribution is 0.0928. The van der Waals surface area contributed by atoms with Crippen LogP contribution >= 0.6 is 0 Å². The molecule has 1 aromatic rings. The van der Waals surface area contributed by atoms with Gasteiger partial charge in [0.1, 0.15) is 5.69 Å². The van der Waals surface area contributed by atoms with Crippen molar-refractivity contribution in [2.75, 3.05) is 5.73 Å². The van der Waals surface area contributed by atoms with Crippen molar-refractivity contribution in [3.8, 4) is 0 Å². The van der Waals surface area contributed by atoms with Gasteiger partial charge in [0.05, 0.1) is 11.9 Å². The molecule has 1 amide bonds. The predicted molar refractivity (Wildman–Crippen MR) is 77.9 cm³/mol. The summed E-state index contributed by atoms with van der Waals surface area (Å²) in [5.41, 5.74) is 6.70. The molecule has 5 nitrogen and oxygen atoms in total. The van der Waals surface area contributed by atoms with Crippen LogP contribution in [-0.2, 0) is 6.54 Å². The number of anilines is 1. The summed E-state index contributed by atoms with van der Waals surface area (Å²) in [4.78, 5) is 12.2. The Morgan fingerprint density at radius 3 is 2.68 bits per heavy atom. The van der Waals surface area contributed by atoms with Crippen LogP contribution in [-0.4, -0.2) is 21.7 Å². The van der Waals surface area contributed by atoms with E-state index in [0.29, 0.717) is 23.8 Å². The number of nitrogens with one attached hydrogen (secondary N) is 1. The molecule has 0 saturated heterocycles. The monoisotopic (exact) mass is 266 g/mol. The average molecular weight is 266 g/mol. The van der Waals surface area contributed by atoms with Gasteiger partial charge in [0.15, 0.2) is 0 Å². The molecule has 0 aliphatic heterocycles. The van der Waals surface area contributed by atoms with Crippen LogP contribution in [0.5, 0.6) is 0 Å². The molecule has 1 rings (SSSR count). The van der Waals surface area contributed by atoms with Gasteiger partial charge in [0, 0.05) is 12.6 Å². The SMILES string of the molecule is CCn1ncc(N)c1C(=O)NC(C)CCCC(C)C. The Hall–Kier alpha value is -1.52. The third-order valence-corrected chi connectivity index (χ3v) is 3.18. The van der Waals surface area contributed by atoms with E-state index in [-0.39, 0.29) is 11.9 Å². The zero-order valence-corrected chi connectivity index (χ0v) is 12.4. The Kier molecular flexibility index (Phi) is 5.86. The third-order valence-electron chi connectivity index (χ3n) is 3.18. The van der Waals surface area contributed by atoms with E-state index in [2.05, 4.69) is 24.3 Å². The molecule has 19 heavy (non-hydrogen) atoms. The molecular formula is C14H26N4O. The Morgan fingerprint density at radius 2 is 2.11 bits per heavy atom. The van der Waals surface area contributed by atoms with Crippen LogP contribution in [0.3, 0.4) is 0 Å². The number of hydrogen-bond donors (Lipinski definition) is 2. The van der Waals surface area contributed by atoms with E-state index in [1.807, 2.05) is 13.8 Å². The van der Waals surface area contributed by atoms with Crippen LogP contribution in [0.4, 0.5) is 5.69 Å². The van der Waals surface area contributed by atoms with Crippen LogP contribution < -0.4 is 11.1 Å². The van der Waals surface area contributed by atoms with Gasteiger partial charge in [-0.3, -0.25) is 9.48 Å². The van der Waals surface area contributed by atoms with Crippen LogP contribution in [0.1, 0.15) is 57.4 Å². The molecule has 108 valence electrons. The number of rotatable bonds is 7. The van der Waals surface area contributed by atoms with Crippen molar-refractivity contribution in [3.63, 3.8) is 0 Å². The average Bonchev–Trinajstić information content (AvgIpc) is 2.69. The van der Waals surface area contributed by atoms with Gasteiger partial charge in [0.25, 0.3) is 5.91 Å². The molecule has 0 aliphatic carbocycles. The summed E-state index contributed by atoms with van der Waals surface area (Å²) < 4.78 is 1.63. The number of hydrogen-bond acceptors (Lipinski definition) is 3. The van der Waals surface area contributed by atoms with Gasteiger partial charge in [-0.15, -0.1) is 0 Å². The van der Waals surface area contributed by atoms with E-state index >= 15 is 0 Å². The lowest BCUT2D eigenvalue weighted by Crippen LogP contribution is -2.34. The third kappa shape index (κ3) is 4.58. The van der Waals surface area contributed by atoms with Crippen molar-refractivity contribution >= 4 is 11.6 Å². The fraction of sp³-hybridized carbons (Fsp3) is 0.714. The summed E-state index contributed by atoms with van der Waals surface area (Å²) in [5.74, 6) is 0.578. The van der Waals surface area contributed by atoms with E-state index < -0.39 is 0 Å².